The van der Waals surface area contributed by atoms with E-state index in [9.17, 15) is 13.2 Å². The maximum atomic E-state index is 12.8. The van der Waals surface area contributed by atoms with Crippen LogP contribution in [0.1, 0.15) is 52.3 Å². The van der Waals surface area contributed by atoms with Gasteiger partial charge in [-0.2, -0.15) is 13.2 Å². The second-order valence-corrected chi connectivity index (χ2v) is 5.03. The zero-order valence-electron chi connectivity index (χ0n) is 12.7. The molecule has 2 N–H and O–H groups in total. The highest BCUT2D eigenvalue weighted by Crippen LogP contribution is 2.28. The highest BCUT2D eigenvalue weighted by molar-refractivity contribution is 5.48. The summed E-state index contributed by atoms with van der Waals surface area (Å²) in [5.41, 5.74) is 0. The summed E-state index contributed by atoms with van der Waals surface area (Å²) in [5, 5.41) is 5.82. The van der Waals surface area contributed by atoms with Crippen molar-refractivity contribution in [1.82, 2.24) is 9.97 Å². The fraction of sp³-hybridized carbons (Fsp3) is 0.714. The average molecular weight is 304 g/mol. The number of rotatable bonds is 8. The molecular formula is C14H23F3N4. The number of anilines is 2. The molecule has 0 spiro atoms. The lowest BCUT2D eigenvalue weighted by atomic mass is 10.1. The van der Waals surface area contributed by atoms with Crippen LogP contribution in [0.15, 0.2) is 6.07 Å². The Labute approximate surface area is 123 Å². The second kappa shape index (κ2) is 8.05. The maximum absolute atomic E-state index is 12.8. The Morgan fingerprint density at radius 2 is 1.81 bits per heavy atom. The van der Waals surface area contributed by atoms with E-state index < -0.39 is 12.0 Å². The van der Waals surface area contributed by atoms with Gasteiger partial charge in [0.1, 0.15) is 11.6 Å². The lowest BCUT2D eigenvalue weighted by molar-refractivity contribution is -0.144. The predicted molar refractivity (Wildman–Crippen MR) is 78.4 cm³/mol. The quantitative estimate of drug-likeness (QED) is 0.703. The van der Waals surface area contributed by atoms with Crippen LogP contribution in [-0.4, -0.2) is 22.6 Å². The Bertz CT molecular complexity index is 435. The molecule has 0 radical (unpaired) electrons. The number of hydrogen-bond donors (Lipinski definition) is 2. The third-order valence-electron chi connectivity index (χ3n) is 2.97. The number of hydrogen-bond acceptors (Lipinski definition) is 4. The molecule has 1 atom stereocenters. The van der Waals surface area contributed by atoms with E-state index in [4.69, 9.17) is 0 Å². The van der Waals surface area contributed by atoms with Gasteiger partial charge in [-0.3, -0.25) is 0 Å². The zero-order chi connectivity index (χ0) is 15.9. The minimum atomic E-state index is -4.55. The van der Waals surface area contributed by atoms with Gasteiger partial charge in [0.15, 0.2) is 0 Å². The van der Waals surface area contributed by atoms with Gasteiger partial charge >= 0.3 is 6.18 Å². The number of nitrogens with zero attached hydrogens (tertiary/aromatic N) is 2. The molecule has 21 heavy (non-hydrogen) atoms. The van der Waals surface area contributed by atoms with Crippen molar-refractivity contribution in [3.63, 3.8) is 0 Å². The minimum Gasteiger partial charge on any atom is -0.370 e. The summed E-state index contributed by atoms with van der Waals surface area (Å²) in [4.78, 5) is 7.06. The summed E-state index contributed by atoms with van der Waals surface area (Å²) in [7, 11) is 0. The molecule has 1 rings (SSSR count). The molecule has 120 valence electrons. The maximum Gasteiger partial charge on any atom is 0.451 e. The summed E-state index contributed by atoms with van der Waals surface area (Å²) in [5.74, 6) is -0.732. The monoisotopic (exact) mass is 304 g/mol. The van der Waals surface area contributed by atoms with E-state index in [0.29, 0.717) is 6.54 Å². The fourth-order valence-corrected chi connectivity index (χ4v) is 1.94. The predicted octanol–water partition coefficient (Wildman–Crippen LogP) is 4.31. The molecule has 0 aliphatic rings. The van der Waals surface area contributed by atoms with Crippen molar-refractivity contribution < 1.29 is 13.2 Å². The minimum absolute atomic E-state index is 0.0713. The van der Waals surface area contributed by atoms with Crippen LogP contribution in [-0.2, 0) is 6.18 Å². The first kappa shape index (κ1) is 17.5. The molecule has 0 bridgehead atoms. The standard InChI is InChI=1S/C14H23F3N4/c1-4-6-7-8-10(3)19-12-9-11(18-5-2)20-13(21-12)14(15,16)17/h9-10H,4-8H2,1-3H3,(H2,18,19,20,21). The number of aromatic nitrogens is 2. The first-order valence-corrected chi connectivity index (χ1v) is 7.33. The highest BCUT2D eigenvalue weighted by Gasteiger charge is 2.35. The van der Waals surface area contributed by atoms with Crippen molar-refractivity contribution in [3.8, 4) is 0 Å². The lowest BCUT2D eigenvalue weighted by Crippen LogP contribution is -2.19. The third-order valence-corrected chi connectivity index (χ3v) is 2.97. The van der Waals surface area contributed by atoms with Gasteiger partial charge in [-0.1, -0.05) is 26.2 Å². The highest BCUT2D eigenvalue weighted by atomic mass is 19.4. The van der Waals surface area contributed by atoms with E-state index in [0.717, 1.165) is 25.7 Å². The lowest BCUT2D eigenvalue weighted by Gasteiger charge is -2.16. The number of unbranched alkanes of at least 4 members (excludes halogenated alkanes) is 2. The molecule has 0 saturated carbocycles. The van der Waals surface area contributed by atoms with Gasteiger partial charge in [0, 0.05) is 18.7 Å². The number of halogens is 3. The number of nitrogens with one attached hydrogen (secondary N) is 2. The first-order valence-electron chi connectivity index (χ1n) is 7.33. The van der Waals surface area contributed by atoms with Crippen LogP contribution in [0.5, 0.6) is 0 Å². The van der Waals surface area contributed by atoms with Gasteiger partial charge in [-0.15, -0.1) is 0 Å². The van der Waals surface area contributed by atoms with E-state index in [1.165, 1.54) is 6.07 Å². The topological polar surface area (TPSA) is 49.8 Å². The first-order chi connectivity index (χ1) is 9.86. The van der Waals surface area contributed by atoms with Crippen LogP contribution < -0.4 is 10.6 Å². The van der Waals surface area contributed by atoms with Crippen LogP contribution in [0.4, 0.5) is 24.8 Å². The molecule has 1 aromatic rings. The van der Waals surface area contributed by atoms with Gasteiger partial charge in [0.05, 0.1) is 0 Å². The van der Waals surface area contributed by atoms with E-state index >= 15 is 0 Å². The summed E-state index contributed by atoms with van der Waals surface area (Å²) < 4.78 is 38.4. The largest absolute Gasteiger partial charge is 0.451 e. The van der Waals surface area contributed by atoms with Gasteiger partial charge in [-0.25, -0.2) is 9.97 Å². The van der Waals surface area contributed by atoms with E-state index in [1.54, 1.807) is 6.92 Å². The van der Waals surface area contributed by atoms with Crippen molar-refractivity contribution in [2.45, 2.75) is 58.7 Å². The summed E-state index contributed by atoms with van der Waals surface area (Å²) in [6, 6.07) is 1.58. The molecule has 0 aliphatic heterocycles. The average Bonchev–Trinajstić information content (AvgIpc) is 2.38. The van der Waals surface area contributed by atoms with E-state index in [-0.39, 0.29) is 17.7 Å². The Morgan fingerprint density at radius 1 is 1.14 bits per heavy atom. The molecule has 1 heterocycles. The molecular weight excluding hydrogens is 281 g/mol. The van der Waals surface area contributed by atoms with Gasteiger partial charge in [0.2, 0.25) is 5.82 Å². The Balaban J connectivity index is 2.82. The van der Waals surface area contributed by atoms with Crippen molar-refractivity contribution in [2.75, 3.05) is 17.2 Å². The molecule has 4 nitrogen and oxygen atoms in total. The van der Waals surface area contributed by atoms with Gasteiger partial charge in [-0.05, 0) is 20.3 Å². The SMILES string of the molecule is CCCCCC(C)Nc1cc(NCC)nc(C(F)(F)F)n1. The van der Waals surface area contributed by atoms with Gasteiger partial charge < -0.3 is 10.6 Å². The smallest absolute Gasteiger partial charge is 0.370 e. The van der Waals surface area contributed by atoms with E-state index in [1.807, 2.05) is 6.92 Å². The van der Waals surface area contributed by atoms with Crippen LogP contribution in [0, 0.1) is 0 Å². The molecule has 0 saturated heterocycles. The van der Waals surface area contributed by atoms with Crippen LogP contribution >= 0.6 is 0 Å². The van der Waals surface area contributed by atoms with Crippen LogP contribution in [0.25, 0.3) is 0 Å². The molecule has 0 aliphatic carbocycles. The molecule has 0 aromatic carbocycles. The van der Waals surface area contributed by atoms with Crippen molar-refractivity contribution in [1.29, 1.82) is 0 Å². The molecule has 7 heteroatoms. The third kappa shape index (κ3) is 6.18. The molecule has 0 amide bonds. The molecule has 1 aromatic heterocycles. The van der Waals surface area contributed by atoms with Crippen LogP contribution in [0.3, 0.4) is 0 Å². The summed E-state index contributed by atoms with van der Waals surface area (Å²) >= 11 is 0. The summed E-state index contributed by atoms with van der Waals surface area (Å²) in [6.07, 6.45) is -0.375. The fourth-order valence-electron chi connectivity index (χ4n) is 1.94. The number of alkyl halides is 3. The Hall–Kier alpha value is -1.53. The molecule has 0 fully saturated rings. The normalized spacial score (nSPS) is 13.0. The van der Waals surface area contributed by atoms with E-state index in [2.05, 4.69) is 27.5 Å². The van der Waals surface area contributed by atoms with Crippen molar-refractivity contribution in [3.05, 3.63) is 11.9 Å². The molecule has 1 unspecified atom stereocenters. The van der Waals surface area contributed by atoms with Crippen molar-refractivity contribution in [2.24, 2.45) is 0 Å². The van der Waals surface area contributed by atoms with Gasteiger partial charge in [0.25, 0.3) is 0 Å². The van der Waals surface area contributed by atoms with Crippen LogP contribution in [0.2, 0.25) is 0 Å². The Morgan fingerprint density at radius 3 is 2.38 bits per heavy atom. The van der Waals surface area contributed by atoms with Crippen molar-refractivity contribution >= 4 is 11.6 Å². The second-order valence-electron chi connectivity index (χ2n) is 5.03. The zero-order valence-corrected chi connectivity index (χ0v) is 12.7. The Kier molecular flexibility index (Phi) is 6.71. The summed E-state index contributed by atoms with van der Waals surface area (Å²) in [6.45, 7) is 6.36.